The Labute approximate surface area is 224 Å². The summed E-state index contributed by atoms with van der Waals surface area (Å²) in [6.07, 6.45) is 22.1. The van der Waals surface area contributed by atoms with Crippen molar-refractivity contribution in [2.75, 3.05) is 26.4 Å². The summed E-state index contributed by atoms with van der Waals surface area (Å²) in [5.41, 5.74) is -1.22. The minimum absolute atomic E-state index is 0.282. The molecule has 8 heteroatoms. The SMILES string of the molecule is C=CC(=O)OCC(CO)(CO)COC(=O)C=C.CCCCCCCCCCCCCCCCCC(=O)O. The topological polar surface area (TPSA) is 130 Å². The molecule has 37 heavy (non-hydrogen) atoms. The maximum Gasteiger partial charge on any atom is 0.330 e. The summed E-state index contributed by atoms with van der Waals surface area (Å²) in [5.74, 6) is -2.03. The molecule has 0 aliphatic carbocycles. The number of carboxylic acids is 1. The Kier molecular flexibility index (Phi) is 26.8. The highest BCUT2D eigenvalue weighted by Gasteiger charge is 2.32. The van der Waals surface area contributed by atoms with Crippen LogP contribution in [0.3, 0.4) is 0 Å². The fraction of sp³-hybridized carbons (Fsp3) is 0.759. The number of carbonyl (C=O) groups is 3. The van der Waals surface area contributed by atoms with Gasteiger partial charge in [0.25, 0.3) is 0 Å². The zero-order chi connectivity index (χ0) is 28.2. The number of unbranched alkanes of at least 4 members (excludes halogenated alkanes) is 14. The monoisotopic (exact) mass is 528 g/mol. The van der Waals surface area contributed by atoms with E-state index in [4.69, 9.17) is 24.8 Å². The van der Waals surface area contributed by atoms with Gasteiger partial charge in [0.15, 0.2) is 0 Å². The Morgan fingerprint density at radius 2 is 0.973 bits per heavy atom. The number of carboxylic acid groups (broad SMARTS) is 1. The van der Waals surface area contributed by atoms with Gasteiger partial charge in [-0.3, -0.25) is 4.79 Å². The van der Waals surface area contributed by atoms with Crippen LogP contribution in [-0.4, -0.2) is 59.7 Å². The van der Waals surface area contributed by atoms with E-state index in [9.17, 15) is 14.4 Å². The van der Waals surface area contributed by atoms with E-state index in [1.807, 2.05) is 0 Å². The number of hydrogen-bond acceptors (Lipinski definition) is 7. The predicted octanol–water partition coefficient (Wildman–Crippen LogP) is 5.75. The third-order valence-electron chi connectivity index (χ3n) is 6.04. The molecule has 0 saturated heterocycles. The molecule has 0 aliphatic rings. The first-order chi connectivity index (χ1) is 17.8. The van der Waals surface area contributed by atoms with Gasteiger partial charge in [0.2, 0.25) is 0 Å². The second kappa shape index (κ2) is 26.9. The third-order valence-corrected chi connectivity index (χ3v) is 6.04. The molecule has 8 nitrogen and oxygen atoms in total. The lowest BCUT2D eigenvalue weighted by atomic mass is 9.92. The molecule has 0 spiro atoms. The fourth-order valence-electron chi connectivity index (χ4n) is 3.49. The Morgan fingerprint density at radius 1 is 0.649 bits per heavy atom. The van der Waals surface area contributed by atoms with Crippen molar-refractivity contribution in [1.29, 1.82) is 0 Å². The molecular weight excluding hydrogens is 476 g/mol. The molecule has 0 radical (unpaired) electrons. The summed E-state index contributed by atoms with van der Waals surface area (Å²) in [4.78, 5) is 32.0. The summed E-state index contributed by atoms with van der Waals surface area (Å²) >= 11 is 0. The normalized spacial score (nSPS) is 10.7. The molecule has 0 aromatic rings. The summed E-state index contributed by atoms with van der Waals surface area (Å²) in [6, 6.07) is 0. The number of aliphatic hydroxyl groups excluding tert-OH is 2. The second-order valence-corrected chi connectivity index (χ2v) is 9.53. The summed E-state index contributed by atoms with van der Waals surface area (Å²) in [5, 5.41) is 26.8. The van der Waals surface area contributed by atoms with Gasteiger partial charge in [-0.1, -0.05) is 110 Å². The van der Waals surface area contributed by atoms with E-state index in [2.05, 4.69) is 20.1 Å². The maximum absolute atomic E-state index is 10.9. The van der Waals surface area contributed by atoms with Gasteiger partial charge in [0.05, 0.1) is 18.6 Å². The minimum atomic E-state index is -1.22. The Bertz CT molecular complexity index is 573. The van der Waals surface area contributed by atoms with E-state index in [0.717, 1.165) is 25.0 Å². The van der Waals surface area contributed by atoms with E-state index in [1.165, 1.54) is 83.5 Å². The first-order valence-electron chi connectivity index (χ1n) is 13.8. The number of esters is 2. The summed E-state index contributed by atoms with van der Waals surface area (Å²) < 4.78 is 9.42. The molecule has 216 valence electrons. The molecule has 0 heterocycles. The Morgan fingerprint density at radius 3 is 1.24 bits per heavy atom. The first kappa shape index (κ1) is 37.0. The van der Waals surface area contributed by atoms with Crippen molar-refractivity contribution < 1.29 is 39.2 Å². The molecular formula is C29H52O8. The smallest absolute Gasteiger partial charge is 0.330 e. The van der Waals surface area contributed by atoms with E-state index in [1.54, 1.807) is 0 Å². The third kappa shape index (κ3) is 25.2. The molecule has 0 aliphatic heterocycles. The van der Waals surface area contributed by atoms with E-state index in [-0.39, 0.29) is 13.2 Å². The summed E-state index contributed by atoms with van der Waals surface area (Å²) in [7, 11) is 0. The largest absolute Gasteiger partial charge is 0.481 e. The highest BCUT2D eigenvalue weighted by Crippen LogP contribution is 2.17. The fourth-order valence-corrected chi connectivity index (χ4v) is 3.49. The van der Waals surface area contributed by atoms with Gasteiger partial charge in [-0.2, -0.15) is 0 Å². The number of aliphatic carboxylic acids is 1. The Hall–Kier alpha value is -2.19. The summed E-state index contributed by atoms with van der Waals surface area (Å²) in [6.45, 7) is 7.11. The molecule has 0 rings (SSSR count). The molecule has 0 bridgehead atoms. The molecule has 3 N–H and O–H groups in total. The molecule has 0 atom stereocenters. The van der Waals surface area contributed by atoms with Crippen LogP contribution in [0, 0.1) is 5.41 Å². The van der Waals surface area contributed by atoms with Crippen LogP contribution in [0.2, 0.25) is 0 Å². The van der Waals surface area contributed by atoms with Gasteiger partial charge in [0.1, 0.15) is 13.2 Å². The Balaban J connectivity index is 0. The average molecular weight is 529 g/mol. The van der Waals surface area contributed by atoms with Crippen LogP contribution in [0.5, 0.6) is 0 Å². The lowest BCUT2D eigenvalue weighted by molar-refractivity contribution is -0.153. The number of rotatable bonds is 24. The van der Waals surface area contributed by atoms with E-state index in [0.29, 0.717) is 6.42 Å². The number of hydrogen-bond donors (Lipinski definition) is 3. The highest BCUT2D eigenvalue weighted by molar-refractivity contribution is 5.81. The van der Waals surface area contributed by atoms with Gasteiger partial charge in [-0.15, -0.1) is 0 Å². The van der Waals surface area contributed by atoms with Gasteiger partial charge >= 0.3 is 17.9 Å². The average Bonchev–Trinajstić information content (AvgIpc) is 2.91. The maximum atomic E-state index is 10.9. The van der Waals surface area contributed by atoms with Gasteiger partial charge in [-0.25, -0.2) is 9.59 Å². The number of aliphatic hydroxyl groups is 2. The van der Waals surface area contributed by atoms with Crippen molar-refractivity contribution in [2.24, 2.45) is 5.41 Å². The van der Waals surface area contributed by atoms with E-state index >= 15 is 0 Å². The molecule has 0 unspecified atom stereocenters. The van der Waals surface area contributed by atoms with Crippen LogP contribution in [-0.2, 0) is 23.9 Å². The first-order valence-corrected chi connectivity index (χ1v) is 13.8. The lowest BCUT2D eigenvalue weighted by Crippen LogP contribution is -2.40. The van der Waals surface area contributed by atoms with E-state index < -0.39 is 36.5 Å². The molecule has 0 amide bonds. The van der Waals surface area contributed by atoms with Crippen LogP contribution in [0.4, 0.5) is 0 Å². The van der Waals surface area contributed by atoms with Crippen LogP contribution in [0.25, 0.3) is 0 Å². The predicted molar refractivity (Wildman–Crippen MR) is 146 cm³/mol. The van der Waals surface area contributed by atoms with Crippen molar-refractivity contribution in [2.45, 2.75) is 110 Å². The van der Waals surface area contributed by atoms with Gasteiger partial charge in [-0.05, 0) is 6.42 Å². The lowest BCUT2D eigenvalue weighted by Gasteiger charge is -2.27. The van der Waals surface area contributed by atoms with Crippen molar-refractivity contribution in [1.82, 2.24) is 0 Å². The van der Waals surface area contributed by atoms with Crippen LogP contribution < -0.4 is 0 Å². The van der Waals surface area contributed by atoms with Gasteiger partial charge in [0, 0.05) is 18.6 Å². The zero-order valence-electron chi connectivity index (χ0n) is 23.1. The van der Waals surface area contributed by atoms with Gasteiger partial charge < -0.3 is 24.8 Å². The van der Waals surface area contributed by atoms with Crippen molar-refractivity contribution in [3.63, 3.8) is 0 Å². The molecule has 0 fully saturated rings. The molecule has 0 saturated carbocycles. The number of carbonyl (C=O) groups excluding carboxylic acids is 2. The van der Waals surface area contributed by atoms with Crippen LogP contribution in [0.15, 0.2) is 25.3 Å². The molecule has 0 aromatic carbocycles. The van der Waals surface area contributed by atoms with Crippen molar-refractivity contribution >= 4 is 17.9 Å². The highest BCUT2D eigenvalue weighted by atomic mass is 16.5. The van der Waals surface area contributed by atoms with Crippen molar-refractivity contribution in [3.05, 3.63) is 25.3 Å². The zero-order valence-corrected chi connectivity index (χ0v) is 23.1. The number of ether oxygens (including phenoxy) is 2. The molecule has 0 aromatic heterocycles. The van der Waals surface area contributed by atoms with Crippen LogP contribution in [0.1, 0.15) is 110 Å². The second-order valence-electron chi connectivity index (χ2n) is 9.53. The van der Waals surface area contributed by atoms with Crippen LogP contribution >= 0.6 is 0 Å². The standard InChI is InChI=1S/C18H36O2.C11H16O6/c1-2-3-4-5-6-7-8-9-10-11-12-13-14-15-16-17-18(19)20;1-3-9(14)16-7-11(5-12,6-13)8-17-10(15)4-2/h2-17H2,1H3,(H,19,20);3-4,12-13H,1-2,5-8H2. The minimum Gasteiger partial charge on any atom is -0.481 e. The quantitative estimate of drug-likeness (QED) is 0.0820. The van der Waals surface area contributed by atoms with Crippen molar-refractivity contribution in [3.8, 4) is 0 Å².